The number of amides is 2. The summed E-state index contributed by atoms with van der Waals surface area (Å²) in [4.78, 5) is 25.0. The van der Waals surface area contributed by atoms with Gasteiger partial charge >= 0.3 is 0 Å². The number of benzene rings is 2. The van der Waals surface area contributed by atoms with Gasteiger partial charge in [-0.05, 0) is 36.6 Å². The molecule has 0 atom stereocenters. The third kappa shape index (κ3) is 4.85. The summed E-state index contributed by atoms with van der Waals surface area (Å²) in [6, 6.07) is 13.7. The van der Waals surface area contributed by atoms with E-state index < -0.39 is 15.9 Å². The van der Waals surface area contributed by atoms with Crippen LogP contribution in [0.15, 0.2) is 58.5 Å². The van der Waals surface area contributed by atoms with Crippen molar-refractivity contribution in [2.45, 2.75) is 37.1 Å². The molecule has 2 aliphatic rings. The van der Waals surface area contributed by atoms with Gasteiger partial charge in [-0.1, -0.05) is 41.9 Å². The van der Waals surface area contributed by atoms with Crippen molar-refractivity contribution in [2.24, 2.45) is 5.10 Å². The van der Waals surface area contributed by atoms with Gasteiger partial charge in [0.1, 0.15) is 10.6 Å². The molecule has 0 bridgehead atoms. The minimum Gasteiger partial charge on any atom is -0.321 e. The Bertz CT molecular complexity index is 1160. The number of hydrazone groups is 1. The van der Waals surface area contributed by atoms with E-state index in [-0.39, 0.29) is 40.9 Å². The molecule has 32 heavy (non-hydrogen) atoms. The summed E-state index contributed by atoms with van der Waals surface area (Å²) in [5.41, 5.74) is 1.41. The Morgan fingerprint density at radius 2 is 1.78 bits per heavy atom. The zero-order valence-corrected chi connectivity index (χ0v) is 18.9. The molecule has 0 radical (unpaired) electrons. The van der Waals surface area contributed by atoms with Crippen LogP contribution in [0.2, 0.25) is 5.02 Å². The number of rotatable bonds is 6. The highest BCUT2D eigenvalue weighted by Crippen LogP contribution is 2.29. The lowest BCUT2D eigenvalue weighted by molar-refractivity contribution is -0.132. The minimum absolute atomic E-state index is 0.0367. The average Bonchev–Trinajstić information content (AvgIpc) is 3.33. The Morgan fingerprint density at radius 1 is 1.06 bits per heavy atom. The molecule has 4 rings (SSSR count). The number of halogens is 1. The number of hydrogen-bond acceptors (Lipinski definition) is 5. The maximum absolute atomic E-state index is 12.9. The second-order valence-corrected chi connectivity index (χ2v) is 10.0. The first-order valence-electron chi connectivity index (χ1n) is 10.4. The Labute approximate surface area is 191 Å². The molecule has 0 aliphatic carbocycles. The summed E-state index contributed by atoms with van der Waals surface area (Å²) < 4.78 is 27.2. The van der Waals surface area contributed by atoms with E-state index in [1.165, 1.54) is 21.4 Å². The molecule has 0 aromatic heterocycles. The van der Waals surface area contributed by atoms with Crippen LogP contribution in [0.25, 0.3) is 0 Å². The fourth-order valence-electron chi connectivity index (χ4n) is 3.69. The van der Waals surface area contributed by atoms with Gasteiger partial charge in [-0.25, -0.2) is 13.4 Å². The van der Waals surface area contributed by atoms with E-state index in [0.717, 1.165) is 18.4 Å². The van der Waals surface area contributed by atoms with E-state index in [0.29, 0.717) is 18.8 Å². The van der Waals surface area contributed by atoms with Gasteiger partial charge in [-0.3, -0.25) is 9.59 Å². The van der Waals surface area contributed by atoms with Gasteiger partial charge in [-0.15, -0.1) is 0 Å². The zero-order chi connectivity index (χ0) is 22.7. The van der Waals surface area contributed by atoms with Gasteiger partial charge < -0.3 is 5.32 Å². The van der Waals surface area contributed by atoms with Crippen molar-refractivity contribution in [3.8, 4) is 0 Å². The van der Waals surface area contributed by atoms with Crippen LogP contribution >= 0.6 is 11.6 Å². The van der Waals surface area contributed by atoms with Gasteiger partial charge in [0.15, 0.2) is 0 Å². The second-order valence-electron chi connectivity index (χ2n) is 7.69. The van der Waals surface area contributed by atoms with Crippen LogP contribution in [0, 0.1) is 0 Å². The van der Waals surface area contributed by atoms with Crippen LogP contribution in [0.3, 0.4) is 0 Å². The molecule has 0 unspecified atom stereocenters. The third-order valence-electron chi connectivity index (χ3n) is 5.41. The average molecular weight is 475 g/mol. The van der Waals surface area contributed by atoms with Crippen molar-refractivity contribution in [3.05, 3.63) is 59.1 Å². The molecule has 1 fully saturated rings. The topological polar surface area (TPSA) is 99.2 Å². The first-order valence-corrected chi connectivity index (χ1v) is 12.2. The number of hydrogen-bond donors (Lipinski definition) is 1. The number of sulfonamides is 1. The van der Waals surface area contributed by atoms with Gasteiger partial charge in [0.05, 0.1) is 11.6 Å². The van der Waals surface area contributed by atoms with Crippen molar-refractivity contribution < 1.29 is 18.0 Å². The van der Waals surface area contributed by atoms with Crippen molar-refractivity contribution in [2.75, 3.05) is 18.4 Å². The summed E-state index contributed by atoms with van der Waals surface area (Å²) in [6.07, 6.45) is 2.01. The van der Waals surface area contributed by atoms with Crippen LogP contribution in [-0.2, 0) is 26.2 Å². The van der Waals surface area contributed by atoms with Crippen LogP contribution in [0.1, 0.15) is 31.2 Å². The molecule has 1 saturated heterocycles. The number of nitrogens with one attached hydrogen (secondary N) is 1. The molecule has 2 aliphatic heterocycles. The lowest BCUT2D eigenvalue weighted by Crippen LogP contribution is -2.36. The zero-order valence-electron chi connectivity index (χ0n) is 17.3. The molecule has 2 aromatic rings. The van der Waals surface area contributed by atoms with Gasteiger partial charge in [-0.2, -0.15) is 9.41 Å². The van der Waals surface area contributed by atoms with Crippen LogP contribution in [0.4, 0.5) is 5.69 Å². The fraction of sp³-hybridized carbons (Fsp3) is 0.318. The van der Waals surface area contributed by atoms with E-state index in [4.69, 9.17) is 11.6 Å². The molecule has 2 aromatic carbocycles. The van der Waals surface area contributed by atoms with Crippen LogP contribution in [-0.4, -0.2) is 48.3 Å². The largest absolute Gasteiger partial charge is 0.321 e. The molecule has 2 amide bonds. The molecule has 0 saturated carbocycles. The van der Waals surface area contributed by atoms with Gasteiger partial charge in [0.2, 0.25) is 15.9 Å². The molecule has 1 N–H and O–H groups in total. The van der Waals surface area contributed by atoms with E-state index in [1.54, 1.807) is 6.07 Å². The maximum Gasteiger partial charge on any atom is 0.271 e. The minimum atomic E-state index is -3.74. The first-order chi connectivity index (χ1) is 15.3. The van der Waals surface area contributed by atoms with Gasteiger partial charge in [0.25, 0.3) is 5.91 Å². The molecule has 0 spiro atoms. The molecular formula is C22H23ClN4O4S. The fourth-order valence-corrected chi connectivity index (χ4v) is 5.71. The Balaban J connectivity index is 1.52. The Morgan fingerprint density at radius 3 is 2.50 bits per heavy atom. The highest BCUT2D eigenvalue weighted by molar-refractivity contribution is 7.89. The lowest BCUT2D eigenvalue weighted by Gasteiger charge is -2.23. The third-order valence-corrected chi connectivity index (χ3v) is 7.79. The summed E-state index contributed by atoms with van der Waals surface area (Å²) in [5.74, 6) is -0.640. The SMILES string of the molecule is O=C(Nc1ccc(Cl)c(S(=O)(=O)N2CCCC2)c1)C1=NN(Cc2ccccc2)C(=O)CC1. The van der Waals surface area contributed by atoms with Crippen molar-refractivity contribution in [3.63, 3.8) is 0 Å². The number of nitrogens with zero attached hydrogens (tertiary/aromatic N) is 3. The molecular weight excluding hydrogens is 452 g/mol. The quantitative estimate of drug-likeness (QED) is 0.694. The second kappa shape index (κ2) is 9.40. The summed E-state index contributed by atoms with van der Waals surface area (Å²) >= 11 is 6.17. The standard InChI is InChI=1S/C22H23ClN4O4S/c23-18-9-8-17(14-20(18)32(30,31)26-12-4-5-13-26)24-22(29)19-10-11-21(28)27(25-19)15-16-6-2-1-3-7-16/h1-3,6-9,14H,4-5,10-13,15H2,(H,24,29). The smallest absolute Gasteiger partial charge is 0.271 e. The van der Waals surface area contributed by atoms with Gasteiger partial charge in [0, 0.05) is 31.6 Å². The van der Waals surface area contributed by atoms with Crippen molar-refractivity contribution in [1.29, 1.82) is 0 Å². The number of carbonyl (C=O) groups excluding carboxylic acids is 2. The predicted octanol–water partition coefficient (Wildman–Crippen LogP) is 3.24. The van der Waals surface area contributed by atoms with E-state index in [9.17, 15) is 18.0 Å². The molecule has 2 heterocycles. The number of anilines is 1. The normalized spacial score (nSPS) is 17.3. The van der Waals surface area contributed by atoms with Crippen molar-refractivity contribution in [1.82, 2.24) is 9.31 Å². The highest BCUT2D eigenvalue weighted by atomic mass is 35.5. The summed E-state index contributed by atoms with van der Waals surface area (Å²) in [6.45, 7) is 1.18. The summed E-state index contributed by atoms with van der Waals surface area (Å²) in [7, 11) is -3.74. The maximum atomic E-state index is 12.9. The van der Waals surface area contributed by atoms with E-state index in [2.05, 4.69) is 10.4 Å². The lowest BCUT2D eigenvalue weighted by atomic mass is 10.1. The highest BCUT2D eigenvalue weighted by Gasteiger charge is 2.30. The van der Waals surface area contributed by atoms with Crippen molar-refractivity contribution >= 4 is 44.8 Å². The predicted molar refractivity (Wildman–Crippen MR) is 122 cm³/mol. The van der Waals surface area contributed by atoms with Crippen LogP contribution < -0.4 is 5.32 Å². The number of carbonyl (C=O) groups is 2. The monoisotopic (exact) mass is 474 g/mol. The Kier molecular flexibility index (Phi) is 6.59. The van der Waals surface area contributed by atoms with E-state index in [1.807, 2.05) is 30.3 Å². The van der Waals surface area contributed by atoms with Crippen LogP contribution in [0.5, 0.6) is 0 Å². The first kappa shape index (κ1) is 22.4. The molecule has 10 heteroatoms. The van der Waals surface area contributed by atoms with E-state index >= 15 is 0 Å². The summed E-state index contributed by atoms with van der Waals surface area (Å²) in [5, 5.41) is 8.33. The molecule has 168 valence electrons. The molecule has 8 nitrogen and oxygen atoms in total. The Hall–Kier alpha value is -2.75.